The third-order valence-corrected chi connectivity index (χ3v) is 6.17. The lowest BCUT2D eigenvalue weighted by Gasteiger charge is -2.32. The number of nitrogens with one attached hydrogen (secondary N) is 2. The third kappa shape index (κ3) is 6.24. The van der Waals surface area contributed by atoms with E-state index in [0.717, 1.165) is 42.2 Å². The van der Waals surface area contributed by atoms with Gasteiger partial charge in [-0.3, -0.25) is 5.32 Å². The van der Waals surface area contributed by atoms with E-state index in [9.17, 15) is 0 Å². The summed E-state index contributed by atoms with van der Waals surface area (Å²) in [6.45, 7) is 12.1. The Morgan fingerprint density at radius 1 is 1.09 bits per heavy atom. The Balaban J connectivity index is 1.54. The zero-order chi connectivity index (χ0) is 23.0. The number of rotatable bonds is 9. The van der Waals surface area contributed by atoms with Crippen molar-refractivity contribution in [3.05, 3.63) is 78.4 Å². The molecule has 2 aromatic heterocycles. The molecule has 1 aromatic carbocycles. The molecule has 0 aliphatic carbocycles. The monoisotopic (exact) mass is 460 g/mol. The van der Waals surface area contributed by atoms with E-state index in [1.807, 2.05) is 30.4 Å². The molecule has 1 saturated heterocycles. The minimum Gasteiger partial charge on any atom is -0.350 e. The summed E-state index contributed by atoms with van der Waals surface area (Å²) in [7, 11) is 2.13. The van der Waals surface area contributed by atoms with Gasteiger partial charge < -0.3 is 15.1 Å². The van der Waals surface area contributed by atoms with Gasteiger partial charge in [0.05, 0.1) is 4.88 Å². The van der Waals surface area contributed by atoms with Crippen LogP contribution < -0.4 is 15.5 Å². The molecule has 3 heterocycles. The zero-order valence-corrected chi connectivity index (χ0v) is 19.6. The van der Waals surface area contributed by atoms with Crippen molar-refractivity contribution in [3.63, 3.8) is 0 Å². The number of thiazole rings is 1. The maximum atomic E-state index is 4.69. The van der Waals surface area contributed by atoms with Crippen LogP contribution in [0.4, 0.5) is 23.0 Å². The van der Waals surface area contributed by atoms with Crippen LogP contribution in [0.1, 0.15) is 10.4 Å². The first kappa shape index (κ1) is 22.6. The molecule has 2 N–H and O–H groups in total. The van der Waals surface area contributed by atoms with Crippen LogP contribution in [0.3, 0.4) is 0 Å². The second kappa shape index (κ2) is 10.8. The number of aromatic nitrogens is 4. The molecule has 1 aliphatic rings. The fraction of sp³-hybridized carbons (Fsp3) is 0.250. The van der Waals surface area contributed by atoms with Crippen molar-refractivity contribution >= 4 is 39.9 Å². The number of allylic oxidation sites excluding steroid dienone is 4. The van der Waals surface area contributed by atoms with Gasteiger partial charge in [-0.05, 0) is 18.2 Å². The van der Waals surface area contributed by atoms with Crippen LogP contribution in [0.2, 0.25) is 0 Å². The summed E-state index contributed by atoms with van der Waals surface area (Å²) in [5.74, 6) is 1.65. The number of anilines is 4. The minimum atomic E-state index is 0.461. The molecular weight excluding hydrogens is 432 g/mol. The molecule has 0 unspecified atom stereocenters. The highest BCUT2D eigenvalue weighted by Crippen LogP contribution is 2.27. The lowest BCUT2D eigenvalue weighted by molar-refractivity contribution is 0.311. The quantitative estimate of drug-likeness (QED) is 0.460. The molecule has 1 fully saturated rings. The van der Waals surface area contributed by atoms with Gasteiger partial charge >= 0.3 is 0 Å². The lowest BCUT2D eigenvalue weighted by Crippen LogP contribution is -2.45. The van der Waals surface area contributed by atoms with E-state index in [1.165, 1.54) is 11.3 Å². The van der Waals surface area contributed by atoms with Gasteiger partial charge in [-0.15, -0.1) is 0 Å². The summed E-state index contributed by atoms with van der Waals surface area (Å²) in [4.78, 5) is 23.9. The predicted molar refractivity (Wildman–Crippen MR) is 137 cm³/mol. The van der Waals surface area contributed by atoms with E-state index in [1.54, 1.807) is 12.3 Å². The van der Waals surface area contributed by atoms with Crippen LogP contribution >= 0.6 is 11.3 Å². The molecule has 4 rings (SSSR count). The maximum absolute atomic E-state index is 4.69. The molecule has 0 radical (unpaired) electrons. The van der Waals surface area contributed by atoms with Crippen LogP contribution in [-0.2, 0) is 6.54 Å². The Morgan fingerprint density at radius 3 is 2.61 bits per heavy atom. The van der Waals surface area contributed by atoms with Gasteiger partial charge in [-0.25, -0.2) is 4.98 Å². The molecule has 8 nitrogen and oxygen atoms in total. The Morgan fingerprint density at radius 2 is 1.85 bits per heavy atom. The van der Waals surface area contributed by atoms with Crippen molar-refractivity contribution in [1.82, 2.24) is 24.8 Å². The standard InChI is InChI=1S/C24H28N8S/c1-4-5-9-18(2)20-17-26-24(33-20)30-22-27-21(25-16-19-10-7-6-8-11-19)28-23(29-22)32-14-12-31(3)13-15-32/h4-11,17H,1-2,12-16H2,3H3,(H2,25,26,27,28,29,30). The third-order valence-electron chi connectivity index (χ3n) is 5.18. The second-order valence-electron chi connectivity index (χ2n) is 7.69. The van der Waals surface area contributed by atoms with Gasteiger partial charge in [0.15, 0.2) is 5.13 Å². The SMILES string of the molecule is C=CC=CC(=C)c1cnc(Nc2nc(NCc3ccccc3)nc(N3CCN(C)CC3)n2)s1. The van der Waals surface area contributed by atoms with Gasteiger partial charge in [0, 0.05) is 38.9 Å². The van der Waals surface area contributed by atoms with Crippen LogP contribution in [0.5, 0.6) is 0 Å². The van der Waals surface area contributed by atoms with Crippen molar-refractivity contribution in [2.24, 2.45) is 0 Å². The Kier molecular flexibility index (Phi) is 7.43. The summed E-state index contributed by atoms with van der Waals surface area (Å²) < 4.78 is 0. The van der Waals surface area contributed by atoms with Crippen LogP contribution in [0.25, 0.3) is 5.57 Å². The average Bonchev–Trinajstić information content (AvgIpc) is 3.31. The van der Waals surface area contributed by atoms with E-state index >= 15 is 0 Å². The predicted octanol–water partition coefficient (Wildman–Crippen LogP) is 4.19. The first-order valence-electron chi connectivity index (χ1n) is 10.8. The molecule has 9 heteroatoms. The molecule has 0 amide bonds. The highest BCUT2D eigenvalue weighted by Gasteiger charge is 2.19. The average molecular weight is 461 g/mol. The Labute approximate surface area is 198 Å². The Bertz CT molecular complexity index is 1120. The minimum absolute atomic E-state index is 0.461. The number of hydrogen-bond acceptors (Lipinski definition) is 9. The Hall–Kier alpha value is -3.56. The summed E-state index contributed by atoms with van der Waals surface area (Å²) in [5, 5.41) is 7.27. The van der Waals surface area contributed by atoms with Crippen LogP contribution in [0, 0.1) is 0 Å². The topological polar surface area (TPSA) is 82.1 Å². The summed E-state index contributed by atoms with van der Waals surface area (Å²) in [6, 6.07) is 10.2. The largest absolute Gasteiger partial charge is 0.350 e. The van der Waals surface area contributed by atoms with Gasteiger partial charge in [-0.1, -0.05) is 73.1 Å². The van der Waals surface area contributed by atoms with Crippen molar-refractivity contribution in [2.45, 2.75) is 6.54 Å². The number of hydrogen-bond donors (Lipinski definition) is 2. The first-order chi connectivity index (χ1) is 16.1. The fourth-order valence-corrected chi connectivity index (χ4v) is 4.03. The van der Waals surface area contributed by atoms with Crippen molar-refractivity contribution in [3.8, 4) is 0 Å². The number of benzene rings is 1. The smallest absolute Gasteiger partial charge is 0.235 e. The van der Waals surface area contributed by atoms with Gasteiger partial charge in [0.25, 0.3) is 0 Å². The van der Waals surface area contributed by atoms with Crippen molar-refractivity contribution in [2.75, 3.05) is 48.8 Å². The van der Waals surface area contributed by atoms with Crippen molar-refractivity contribution < 1.29 is 0 Å². The summed E-state index contributed by atoms with van der Waals surface area (Å²) in [5.41, 5.74) is 2.03. The van der Waals surface area contributed by atoms with Gasteiger partial charge in [-0.2, -0.15) is 15.0 Å². The van der Waals surface area contributed by atoms with E-state index in [-0.39, 0.29) is 0 Å². The van der Waals surface area contributed by atoms with Crippen LogP contribution in [0.15, 0.2) is 67.9 Å². The molecular formula is C24H28N8S. The molecule has 0 bridgehead atoms. The lowest BCUT2D eigenvalue weighted by atomic mass is 10.2. The highest BCUT2D eigenvalue weighted by atomic mass is 32.1. The molecule has 0 atom stereocenters. The molecule has 1 aliphatic heterocycles. The molecule has 0 spiro atoms. The normalized spacial score (nSPS) is 14.4. The van der Waals surface area contributed by atoms with Crippen LogP contribution in [-0.4, -0.2) is 58.1 Å². The second-order valence-corrected chi connectivity index (χ2v) is 8.72. The number of likely N-dealkylation sites (N-methyl/N-ethyl adjacent to an activating group) is 1. The summed E-state index contributed by atoms with van der Waals surface area (Å²) >= 11 is 1.50. The van der Waals surface area contributed by atoms with E-state index < -0.39 is 0 Å². The van der Waals surface area contributed by atoms with E-state index in [2.05, 4.69) is 67.7 Å². The number of nitrogens with zero attached hydrogens (tertiary/aromatic N) is 6. The van der Waals surface area contributed by atoms with Crippen molar-refractivity contribution in [1.29, 1.82) is 0 Å². The van der Waals surface area contributed by atoms with E-state index in [0.29, 0.717) is 29.5 Å². The summed E-state index contributed by atoms with van der Waals surface area (Å²) in [6.07, 6.45) is 7.28. The molecule has 3 aromatic rings. The zero-order valence-electron chi connectivity index (χ0n) is 18.7. The van der Waals surface area contributed by atoms with Gasteiger partial charge in [0.2, 0.25) is 17.8 Å². The molecule has 33 heavy (non-hydrogen) atoms. The molecule has 170 valence electrons. The highest BCUT2D eigenvalue weighted by molar-refractivity contribution is 7.16. The van der Waals surface area contributed by atoms with E-state index in [4.69, 9.17) is 4.98 Å². The molecule has 0 saturated carbocycles. The first-order valence-corrected chi connectivity index (χ1v) is 11.6. The van der Waals surface area contributed by atoms with Gasteiger partial charge in [0.1, 0.15) is 0 Å². The maximum Gasteiger partial charge on any atom is 0.235 e. The fourth-order valence-electron chi connectivity index (χ4n) is 3.27. The number of piperazine rings is 1.